The first-order valence-electron chi connectivity index (χ1n) is 6.92. The second-order valence-corrected chi connectivity index (χ2v) is 7.38. The second kappa shape index (κ2) is 6.75. The molecule has 106 valence electrons. The van der Waals surface area contributed by atoms with Crippen molar-refractivity contribution < 1.29 is 9.53 Å². The summed E-state index contributed by atoms with van der Waals surface area (Å²) in [5.74, 6) is 0.739. The zero-order chi connectivity index (χ0) is 13.8. The lowest BCUT2D eigenvalue weighted by Crippen LogP contribution is -2.14. The van der Waals surface area contributed by atoms with Gasteiger partial charge in [0.25, 0.3) is 0 Å². The van der Waals surface area contributed by atoms with E-state index in [2.05, 4.69) is 18.8 Å². The molecule has 0 radical (unpaired) electrons. The van der Waals surface area contributed by atoms with Crippen molar-refractivity contribution in [1.82, 2.24) is 4.98 Å². The summed E-state index contributed by atoms with van der Waals surface area (Å²) < 4.78 is 5.13. The average Bonchev–Trinajstić information content (AvgIpc) is 2.95. The van der Waals surface area contributed by atoms with Crippen LogP contribution in [-0.2, 0) is 21.7 Å². The lowest BCUT2D eigenvalue weighted by Gasteiger charge is -2.08. The number of aromatic nitrogens is 1. The highest BCUT2D eigenvalue weighted by Crippen LogP contribution is 2.38. The van der Waals surface area contributed by atoms with Crippen LogP contribution >= 0.6 is 23.1 Å². The molecule has 1 aliphatic carbocycles. The molecule has 5 heteroatoms. The number of rotatable bonds is 6. The summed E-state index contributed by atoms with van der Waals surface area (Å²) in [7, 11) is 0. The van der Waals surface area contributed by atoms with E-state index in [1.54, 1.807) is 11.3 Å². The van der Waals surface area contributed by atoms with E-state index in [1.807, 2.05) is 18.7 Å². The van der Waals surface area contributed by atoms with Gasteiger partial charge in [-0.2, -0.15) is 11.8 Å². The number of thiazole rings is 1. The Balaban J connectivity index is 2.01. The Bertz CT molecular complexity index is 445. The number of aryl methyl sites for hydroxylation is 1. The fraction of sp³-hybridized carbons (Fsp3) is 0.714. The van der Waals surface area contributed by atoms with Crippen LogP contribution in [0.4, 0.5) is 0 Å². The first-order chi connectivity index (χ1) is 9.15. The number of thioether (sulfide) groups is 1. The fourth-order valence-corrected chi connectivity index (χ4v) is 4.25. The van der Waals surface area contributed by atoms with Crippen LogP contribution in [0.25, 0.3) is 0 Å². The third kappa shape index (κ3) is 3.51. The van der Waals surface area contributed by atoms with Gasteiger partial charge in [0, 0.05) is 15.9 Å². The Labute approximate surface area is 123 Å². The molecule has 19 heavy (non-hydrogen) atoms. The Morgan fingerprint density at radius 3 is 3.05 bits per heavy atom. The van der Waals surface area contributed by atoms with Gasteiger partial charge in [0.2, 0.25) is 0 Å². The van der Waals surface area contributed by atoms with Gasteiger partial charge >= 0.3 is 5.97 Å². The largest absolute Gasteiger partial charge is 0.465 e. The molecular weight excluding hydrogens is 278 g/mol. The predicted molar refractivity (Wildman–Crippen MR) is 80.9 cm³/mol. The summed E-state index contributed by atoms with van der Waals surface area (Å²) in [4.78, 5) is 17.8. The normalized spacial score (nSPS) is 19.2. The maximum absolute atomic E-state index is 11.9. The van der Waals surface area contributed by atoms with E-state index in [-0.39, 0.29) is 11.9 Å². The lowest BCUT2D eigenvalue weighted by atomic mass is 10.1. The minimum absolute atomic E-state index is 0.104. The summed E-state index contributed by atoms with van der Waals surface area (Å²) in [5, 5.41) is 1.82. The summed E-state index contributed by atoms with van der Waals surface area (Å²) in [5.41, 5.74) is 0.989. The third-order valence-corrected chi connectivity index (χ3v) is 6.06. The number of ether oxygens (including phenoxy) is 1. The van der Waals surface area contributed by atoms with Gasteiger partial charge in [-0.1, -0.05) is 13.8 Å². The van der Waals surface area contributed by atoms with Crippen LogP contribution in [0.2, 0.25) is 0 Å². The molecule has 0 fully saturated rings. The highest BCUT2D eigenvalue weighted by molar-refractivity contribution is 7.99. The van der Waals surface area contributed by atoms with Crippen molar-refractivity contribution in [3.05, 3.63) is 15.6 Å². The number of hydrogen-bond donors (Lipinski definition) is 0. The number of nitrogens with zero attached hydrogens (tertiary/aromatic N) is 1. The summed E-state index contributed by atoms with van der Waals surface area (Å²) >= 11 is 3.71. The second-order valence-electron chi connectivity index (χ2n) is 4.79. The topological polar surface area (TPSA) is 39.2 Å². The molecular formula is C14H21NO2S2. The monoisotopic (exact) mass is 299 g/mol. The van der Waals surface area contributed by atoms with Gasteiger partial charge in [0.1, 0.15) is 10.9 Å². The van der Waals surface area contributed by atoms with Gasteiger partial charge in [-0.15, -0.1) is 11.3 Å². The minimum atomic E-state index is -0.117. The van der Waals surface area contributed by atoms with Gasteiger partial charge < -0.3 is 4.74 Å². The molecule has 1 aromatic heterocycles. The quantitative estimate of drug-likeness (QED) is 0.750. The van der Waals surface area contributed by atoms with Crippen LogP contribution in [0.3, 0.4) is 0 Å². The molecule has 0 aliphatic heterocycles. The summed E-state index contributed by atoms with van der Waals surface area (Å²) in [6, 6.07) is 0. The number of carbonyl (C=O) groups is 1. The highest BCUT2D eigenvalue weighted by atomic mass is 32.2. The zero-order valence-corrected chi connectivity index (χ0v) is 13.4. The molecule has 2 atom stereocenters. The van der Waals surface area contributed by atoms with E-state index in [0.29, 0.717) is 11.9 Å². The van der Waals surface area contributed by atoms with Gasteiger partial charge in [-0.25, -0.2) is 4.98 Å². The maximum Gasteiger partial charge on any atom is 0.315 e. The number of esters is 1. The SMILES string of the molecule is CCOC(=O)C1CCc2sc(CSC(C)CC)nc21. The van der Waals surface area contributed by atoms with Crippen molar-refractivity contribution in [2.45, 2.75) is 57.0 Å². The van der Waals surface area contributed by atoms with Gasteiger partial charge in [-0.3, -0.25) is 4.79 Å². The minimum Gasteiger partial charge on any atom is -0.465 e. The Kier molecular flexibility index (Phi) is 5.28. The summed E-state index contributed by atoms with van der Waals surface area (Å²) in [6.45, 7) is 6.75. The molecule has 0 bridgehead atoms. The molecule has 0 N–H and O–H groups in total. The molecule has 2 rings (SSSR count). The van der Waals surface area contributed by atoms with Crippen molar-refractivity contribution in [1.29, 1.82) is 0 Å². The molecule has 0 saturated carbocycles. The van der Waals surface area contributed by atoms with Gasteiger partial charge in [-0.05, 0) is 26.2 Å². The van der Waals surface area contributed by atoms with Crippen molar-refractivity contribution >= 4 is 29.1 Å². The van der Waals surface area contributed by atoms with Crippen LogP contribution in [-0.4, -0.2) is 22.8 Å². The predicted octanol–water partition coefficient (Wildman–Crippen LogP) is 3.77. The van der Waals surface area contributed by atoms with Gasteiger partial charge in [0.15, 0.2) is 0 Å². The number of carbonyl (C=O) groups excluding carboxylic acids is 1. The smallest absolute Gasteiger partial charge is 0.315 e. The molecule has 1 heterocycles. The van der Waals surface area contributed by atoms with Crippen LogP contribution in [0, 0.1) is 0 Å². The molecule has 1 aliphatic rings. The van der Waals surface area contributed by atoms with E-state index >= 15 is 0 Å². The van der Waals surface area contributed by atoms with Crippen molar-refractivity contribution in [2.75, 3.05) is 6.61 Å². The Morgan fingerprint density at radius 1 is 1.58 bits per heavy atom. The molecule has 0 spiro atoms. The molecule has 1 aromatic rings. The first kappa shape index (κ1) is 14.9. The highest BCUT2D eigenvalue weighted by Gasteiger charge is 2.33. The van der Waals surface area contributed by atoms with Crippen LogP contribution in [0.5, 0.6) is 0 Å². The van der Waals surface area contributed by atoms with E-state index < -0.39 is 0 Å². The molecule has 3 nitrogen and oxygen atoms in total. The molecule has 0 saturated heterocycles. The van der Waals surface area contributed by atoms with E-state index in [9.17, 15) is 4.79 Å². The van der Waals surface area contributed by atoms with Crippen molar-refractivity contribution in [2.24, 2.45) is 0 Å². The standard InChI is InChI=1S/C14H21NO2S2/c1-4-9(3)18-8-12-15-13-10(14(16)17-5-2)6-7-11(13)19-12/h9-10H,4-8H2,1-3H3. The summed E-state index contributed by atoms with van der Waals surface area (Å²) in [6.07, 6.45) is 3.03. The third-order valence-electron chi connectivity index (χ3n) is 3.40. The molecule has 2 unspecified atom stereocenters. The zero-order valence-electron chi connectivity index (χ0n) is 11.8. The Morgan fingerprint density at radius 2 is 2.37 bits per heavy atom. The number of fused-ring (bicyclic) bond motifs is 1. The van der Waals surface area contributed by atoms with Crippen molar-refractivity contribution in [3.63, 3.8) is 0 Å². The van der Waals surface area contributed by atoms with Crippen LogP contribution < -0.4 is 0 Å². The first-order valence-corrected chi connectivity index (χ1v) is 8.78. The maximum atomic E-state index is 11.9. The number of hydrogen-bond acceptors (Lipinski definition) is 5. The van der Waals surface area contributed by atoms with E-state index in [4.69, 9.17) is 4.74 Å². The van der Waals surface area contributed by atoms with Gasteiger partial charge in [0.05, 0.1) is 12.3 Å². The van der Waals surface area contributed by atoms with Crippen LogP contribution in [0.15, 0.2) is 0 Å². The lowest BCUT2D eigenvalue weighted by molar-refractivity contribution is -0.145. The van der Waals surface area contributed by atoms with Crippen LogP contribution in [0.1, 0.15) is 55.1 Å². The van der Waals surface area contributed by atoms with E-state index in [1.165, 1.54) is 11.3 Å². The fourth-order valence-electron chi connectivity index (χ4n) is 2.14. The Hall–Kier alpha value is -0.550. The molecule has 0 amide bonds. The van der Waals surface area contributed by atoms with E-state index in [0.717, 1.165) is 29.3 Å². The molecule has 0 aromatic carbocycles. The average molecular weight is 299 g/mol. The van der Waals surface area contributed by atoms with Crippen molar-refractivity contribution in [3.8, 4) is 0 Å².